The molecule has 1 aromatic rings. The molecular formula is C13H12FNO5. The summed E-state index contributed by atoms with van der Waals surface area (Å²) in [5.74, 6) is -2.80. The number of Topliss-reactive ketones (excluding diaryl/α,β-unsaturated/α-hetero) is 1. The average molecular weight is 281 g/mol. The summed E-state index contributed by atoms with van der Waals surface area (Å²) in [6.45, 7) is -1.12. The van der Waals surface area contributed by atoms with Crippen molar-refractivity contribution in [1.82, 2.24) is 0 Å². The first-order chi connectivity index (χ1) is 9.47. The molecule has 0 spiro atoms. The van der Waals surface area contributed by atoms with Crippen molar-refractivity contribution >= 4 is 23.3 Å². The minimum atomic E-state index is -1.20. The minimum Gasteiger partial charge on any atom is -0.480 e. The van der Waals surface area contributed by atoms with Crippen molar-refractivity contribution in [1.29, 1.82) is 0 Å². The SMILES string of the molecule is O=C(O)COCC(=O)c1cc2c(cc1F)NC(=O)CC2. The number of aryl methyl sites for hydroxylation is 1. The number of hydrogen-bond donors (Lipinski definition) is 2. The largest absolute Gasteiger partial charge is 0.480 e. The average Bonchev–Trinajstić information content (AvgIpc) is 2.37. The van der Waals surface area contributed by atoms with Crippen LogP contribution in [0.4, 0.5) is 10.1 Å². The van der Waals surface area contributed by atoms with Gasteiger partial charge >= 0.3 is 5.97 Å². The van der Waals surface area contributed by atoms with Crippen LogP contribution in [0.1, 0.15) is 22.3 Å². The molecule has 1 aromatic carbocycles. The third kappa shape index (κ3) is 3.18. The van der Waals surface area contributed by atoms with Gasteiger partial charge in [0.25, 0.3) is 0 Å². The van der Waals surface area contributed by atoms with Gasteiger partial charge in [0.15, 0.2) is 5.78 Å². The van der Waals surface area contributed by atoms with Gasteiger partial charge in [0.05, 0.1) is 5.56 Å². The number of nitrogens with one attached hydrogen (secondary N) is 1. The van der Waals surface area contributed by atoms with Crippen LogP contribution < -0.4 is 5.32 Å². The Bertz CT molecular complexity index is 584. The molecule has 0 aromatic heterocycles. The van der Waals surface area contributed by atoms with Gasteiger partial charge in [-0.3, -0.25) is 9.59 Å². The Kier molecular flexibility index (Phi) is 4.09. The van der Waals surface area contributed by atoms with E-state index in [1.807, 2.05) is 0 Å². The topological polar surface area (TPSA) is 92.7 Å². The van der Waals surface area contributed by atoms with Crippen molar-refractivity contribution in [3.63, 3.8) is 0 Å². The summed E-state index contributed by atoms with van der Waals surface area (Å²) in [4.78, 5) is 33.2. The highest BCUT2D eigenvalue weighted by molar-refractivity contribution is 6.00. The smallest absolute Gasteiger partial charge is 0.329 e. The summed E-state index contributed by atoms with van der Waals surface area (Å²) in [5, 5.41) is 10.9. The van der Waals surface area contributed by atoms with Crippen LogP contribution in [0.15, 0.2) is 12.1 Å². The number of hydrogen-bond acceptors (Lipinski definition) is 4. The number of carbonyl (C=O) groups is 3. The molecule has 0 fully saturated rings. The maximum Gasteiger partial charge on any atom is 0.329 e. The van der Waals surface area contributed by atoms with Crippen molar-refractivity contribution in [3.8, 4) is 0 Å². The number of halogens is 1. The standard InChI is InChI=1S/C13H12FNO5/c14-9-4-10-7(1-2-12(17)15-10)3-8(9)11(16)5-20-6-13(18)19/h3-4H,1-2,5-6H2,(H,15,17)(H,18,19). The second kappa shape index (κ2) is 5.79. The Balaban J connectivity index is 2.14. The summed E-state index contributed by atoms with van der Waals surface area (Å²) in [6.07, 6.45) is 0.708. The van der Waals surface area contributed by atoms with E-state index in [2.05, 4.69) is 10.1 Å². The first-order valence-corrected chi connectivity index (χ1v) is 5.92. The number of aliphatic carboxylic acids is 1. The highest BCUT2D eigenvalue weighted by atomic mass is 19.1. The fourth-order valence-corrected chi connectivity index (χ4v) is 1.92. The molecule has 0 saturated heterocycles. The van der Waals surface area contributed by atoms with E-state index in [1.54, 1.807) is 0 Å². The van der Waals surface area contributed by atoms with E-state index in [9.17, 15) is 18.8 Å². The van der Waals surface area contributed by atoms with Crippen molar-refractivity contribution in [2.75, 3.05) is 18.5 Å². The van der Waals surface area contributed by atoms with Gasteiger partial charge < -0.3 is 15.2 Å². The van der Waals surface area contributed by atoms with E-state index in [1.165, 1.54) is 6.07 Å². The molecule has 0 unspecified atom stereocenters. The Labute approximate surface area is 113 Å². The molecule has 0 radical (unpaired) electrons. The van der Waals surface area contributed by atoms with E-state index in [-0.39, 0.29) is 17.9 Å². The fourth-order valence-electron chi connectivity index (χ4n) is 1.92. The van der Waals surface area contributed by atoms with Crippen molar-refractivity contribution in [2.24, 2.45) is 0 Å². The number of rotatable bonds is 5. The number of ketones is 1. The van der Waals surface area contributed by atoms with E-state index in [4.69, 9.17) is 5.11 Å². The molecule has 0 saturated carbocycles. The summed E-state index contributed by atoms with van der Waals surface area (Å²) in [6, 6.07) is 2.47. The zero-order valence-electron chi connectivity index (χ0n) is 10.4. The maximum absolute atomic E-state index is 13.8. The molecule has 0 aliphatic carbocycles. The molecule has 0 atom stereocenters. The van der Waals surface area contributed by atoms with Crippen molar-refractivity contribution < 1.29 is 28.6 Å². The van der Waals surface area contributed by atoms with Gasteiger partial charge in [0, 0.05) is 12.1 Å². The Morgan fingerprint density at radius 1 is 1.30 bits per heavy atom. The van der Waals surface area contributed by atoms with Gasteiger partial charge in [0.1, 0.15) is 19.0 Å². The Morgan fingerprint density at radius 3 is 2.75 bits per heavy atom. The lowest BCUT2D eigenvalue weighted by Crippen LogP contribution is -2.21. The summed E-state index contributed by atoms with van der Waals surface area (Å²) < 4.78 is 18.4. The fraction of sp³-hybridized carbons (Fsp3) is 0.308. The van der Waals surface area contributed by atoms with Crippen LogP contribution in [-0.2, 0) is 20.7 Å². The Morgan fingerprint density at radius 2 is 2.05 bits per heavy atom. The predicted molar refractivity (Wildman–Crippen MR) is 66.1 cm³/mol. The molecule has 1 aliphatic heterocycles. The highest BCUT2D eigenvalue weighted by Gasteiger charge is 2.20. The monoisotopic (exact) mass is 281 g/mol. The highest BCUT2D eigenvalue weighted by Crippen LogP contribution is 2.26. The number of amides is 1. The molecule has 0 bridgehead atoms. The molecule has 20 heavy (non-hydrogen) atoms. The van der Waals surface area contributed by atoms with Gasteiger partial charge in [-0.25, -0.2) is 9.18 Å². The number of benzene rings is 1. The lowest BCUT2D eigenvalue weighted by molar-refractivity contribution is -0.141. The number of anilines is 1. The van der Waals surface area contributed by atoms with Crippen LogP contribution >= 0.6 is 0 Å². The van der Waals surface area contributed by atoms with Crippen LogP contribution in [0.3, 0.4) is 0 Å². The molecule has 6 nitrogen and oxygen atoms in total. The van der Waals surface area contributed by atoms with Gasteiger partial charge in [-0.05, 0) is 24.1 Å². The molecule has 1 amide bonds. The van der Waals surface area contributed by atoms with E-state index < -0.39 is 30.8 Å². The Hall–Kier alpha value is -2.28. The van der Waals surface area contributed by atoms with Gasteiger partial charge in [-0.15, -0.1) is 0 Å². The van der Waals surface area contributed by atoms with E-state index in [0.717, 1.165) is 6.07 Å². The number of fused-ring (bicyclic) bond motifs is 1. The third-order valence-electron chi connectivity index (χ3n) is 2.85. The van der Waals surface area contributed by atoms with E-state index >= 15 is 0 Å². The van der Waals surface area contributed by atoms with Crippen molar-refractivity contribution in [2.45, 2.75) is 12.8 Å². The van der Waals surface area contributed by atoms with Crippen LogP contribution in [0.25, 0.3) is 0 Å². The van der Waals surface area contributed by atoms with E-state index in [0.29, 0.717) is 17.7 Å². The summed E-state index contributed by atoms with van der Waals surface area (Å²) in [5.41, 5.74) is 0.875. The van der Waals surface area contributed by atoms with Crippen LogP contribution in [-0.4, -0.2) is 36.0 Å². The molecule has 7 heteroatoms. The zero-order chi connectivity index (χ0) is 14.7. The van der Waals surface area contributed by atoms with Crippen LogP contribution in [0.2, 0.25) is 0 Å². The third-order valence-corrected chi connectivity index (χ3v) is 2.85. The maximum atomic E-state index is 13.8. The lowest BCUT2D eigenvalue weighted by Gasteiger charge is -2.17. The predicted octanol–water partition coefficient (Wildman–Crippen LogP) is 0.994. The molecule has 2 N–H and O–H groups in total. The number of carboxylic acids is 1. The summed E-state index contributed by atoms with van der Waals surface area (Å²) >= 11 is 0. The minimum absolute atomic E-state index is 0.162. The number of ether oxygens (including phenoxy) is 1. The van der Waals surface area contributed by atoms with Gasteiger partial charge in [-0.2, -0.15) is 0 Å². The molecule has 106 valence electrons. The van der Waals surface area contributed by atoms with Gasteiger partial charge in [-0.1, -0.05) is 0 Å². The zero-order valence-corrected chi connectivity index (χ0v) is 10.4. The van der Waals surface area contributed by atoms with Crippen LogP contribution in [0.5, 0.6) is 0 Å². The second-order valence-corrected chi connectivity index (χ2v) is 4.35. The second-order valence-electron chi connectivity index (χ2n) is 4.35. The van der Waals surface area contributed by atoms with Crippen LogP contribution in [0, 0.1) is 5.82 Å². The quantitative estimate of drug-likeness (QED) is 0.785. The number of carboxylic acid groups (broad SMARTS) is 1. The van der Waals surface area contributed by atoms with Crippen molar-refractivity contribution in [3.05, 3.63) is 29.1 Å². The molecular weight excluding hydrogens is 269 g/mol. The first kappa shape index (κ1) is 14.1. The normalized spacial score (nSPS) is 13.6. The first-order valence-electron chi connectivity index (χ1n) is 5.92. The molecule has 1 aliphatic rings. The lowest BCUT2D eigenvalue weighted by atomic mass is 9.98. The number of carbonyl (C=O) groups excluding carboxylic acids is 2. The molecule has 1 heterocycles. The summed E-state index contributed by atoms with van der Waals surface area (Å²) in [7, 11) is 0. The van der Waals surface area contributed by atoms with Gasteiger partial charge in [0.2, 0.25) is 5.91 Å². The molecule has 2 rings (SSSR count).